The Balaban J connectivity index is 1.45. The van der Waals surface area contributed by atoms with E-state index in [2.05, 4.69) is 20.5 Å². The van der Waals surface area contributed by atoms with Crippen LogP contribution in [0.1, 0.15) is 24.4 Å². The maximum atomic E-state index is 12.3. The highest BCUT2D eigenvalue weighted by molar-refractivity contribution is 7.99. The van der Waals surface area contributed by atoms with Crippen LogP contribution in [0.15, 0.2) is 46.0 Å². The molecule has 0 N–H and O–H groups in total. The summed E-state index contributed by atoms with van der Waals surface area (Å²) in [5.41, 5.74) is 0.986. The lowest BCUT2D eigenvalue weighted by Gasteiger charge is -2.05. The van der Waals surface area contributed by atoms with Gasteiger partial charge in [0.25, 0.3) is 5.91 Å². The van der Waals surface area contributed by atoms with E-state index >= 15 is 0 Å². The molecule has 0 unspecified atom stereocenters. The number of rotatable bonds is 6. The van der Waals surface area contributed by atoms with Crippen LogP contribution in [-0.4, -0.2) is 36.4 Å². The number of carbonyl (C=O) groups excluding carboxylic acids is 1. The number of tetrazole rings is 1. The third-order valence-corrected chi connectivity index (χ3v) is 5.94. The summed E-state index contributed by atoms with van der Waals surface area (Å²) in [6.45, 7) is 0.572. The van der Waals surface area contributed by atoms with E-state index < -0.39 is 0 Å². The highest BCUT2D eigenvalue weighted by Crippen LogP contribution is 2.36. The van der Waals surface area contributed by atoms with Crippen molar-refractivity contribution in [3.8, 4) is 0 Å². The largest absolute Gasteiger partial charge is 0.319 e. The number of nitrogens with zero attached hydrogens (tertiary/aromatic N) is 6. The van der Waals surface area contributed by atoms with Gasteiger partial charge in [0, 0.05) is 16.6 Å². The molecule has 0 bridgehead atoms. The molecule has 1 aliphatic rings. The maximum absolute atomic E-state index is 12.3. The van der Waals surface area contributed by atoms with Gasteiger partial charge in [0.15, 0.2) is 4.80 Å². The lowest BCUT2D eigenvalue weighted by atomic mass is 10.2. The minimum atomic E-state index is -0.212. The molecule has 134 valence electrons. The van der Waals surface area contributed by atoms with Crippen molar-refractivity contribution < 1.29 is 4.79 Å². The van der Waals surface area contributed by atoms with Crippen molar-refractivity contribution in [1.82, 2.24) is 24.8 Å². The maximum Gasteiger partial charge on any atom is 0.258 e. The third kappa shape index (κ3) is 4.05. The SMILES string of the molecule is O=C(CSc1nnnn1C1CC1)N=c1sccn1Cc1ccccc1Cl. The second-order valence-electron chi connectivity index (χ2n) is 5.84. The van der Waals surface area contributed by atoms with Crippen molar-refractivity contribution in [1.29, 1.82) is 0 Å². The predicted molar refractivity (Wildman–Crippen MR) is 100 cm³/mol. The summed E-state index contributed by atoms with van der Waals surface area (Å²) in [6.07, 6.45) is 4.09. The molecule has 1 fully saturated rings. The van der Waals surface area contributed by atoms with E-state index in [1.54, 1.807) is 4.68 Å². The van der Waals surface area contributed by atoms with E-state index in [0.717, 1.165) is 18.4 Å². The minimum absolute atomic E-state index is 0.205. The molecule has 1 aliphatic carbocycles. The van der Waals surface area contributed by atoms with Crippen molar-refractivity contribution in [3.05, 3.63) is 51.2 Å². The lowest BCUT2D eigenvalue weighted by molar-refractivity contribution is -0.115. The molecule has 0 radical (unpaired) electrons. The van der Waals surface area contributed by atoms with Gasteiger partial charge in [-0.2, -0.15) is 4.99 Å². The fourth-order valence-corrected chi connectivity index (χ4v) is 4.08. The number of halogens is 1. The van der Waals surface area contributed by atoms with Crippen molar-refractivity contribution >= 4 is 40.6 Å². The van der Waals surface area contributed by atoms with Crippen molar-refractivity contribution in [2.45, 2.75) is 30.6 Å². The number of amides is 1. The molecule has 3 aromatic rings. The first-order valence-electron chi connectivity index (χ1n) is 8.06. The van der Waals surface area contributed by atoms with Crippen LogP contribution in [0.25, 0.3) is 0 Å². The average molecular weight is 407 g/mol. The monoisotopic (exact) mass is 406 g/mol. The van der Waals surface area contributed by atoms with Crippen molar-refractivity contribution in [2.24, 2.45) is 4.99 Å². The molecule has 0 saturated heterocycles. The molecule has 0 spiro atoms. The Bertz CT molecular complexity index is 990. The van der Waals surface area contributed by atoms with Gasteiger partial charge in [-0.3, -0.25) is 4.79 Å². The van der Waals surface area contributed by atoms with Gasteiger partial charge in [-0.1, -0.05) is 41.6 Å². The van der Waals surface area contributed by atoms with Crippen LogP contribution in [0.5, 0.6) is 0 Å². The molecule has 2 aromatic heterocycles. The van der Waals surface area contributed by atoms with Crippen molar-refractivity contribution in [3.63, 3.8) is 0 Å². The molecule has 0 aliphatic heterocycles. The van der Waals surface area contributed by atoms with E-state index in [9.17, 15) is 4.79 Å². The number of hydrogen-bond acceptors (Lipinski definition) is 6. The Labute approximate surface area is 162 Å². The highest BCUT2D eigenvalue weighted by atomic mass is 35.5. The van der Waals surface area contributed by atoms with E-state index in [1.807, 2.05) is 40.4 Å². The van der Waals surface area contributed by atoms with E-state index in [-0.39, 0.29) is 11.7 Å². The number of carbonyl (C=O) groups is 1. The summed E-state index contributed by atoms with van der Waals surface area (Å²) < 4.78 is 3.71. The first kappa shape index (κ1) is 17.4. The van der Waals surface area contributed by atoms with Gasteiger partial charge in [-0.15, -0.1) is 16.4 Å². The van der Waals surface area contributed by atoms with Crippen LogP contribution in [-0.2, 0) is 11.3 Å². The summed E-state index contributed by atoms with van der Waals surface area (Å²) >= 11 is 8.96. The normalized spacial score (nSPS) is 14.7. The van der Waals surface area contributed by atoms with Crippen LogP contribution in [0.2, 0.25) is 5.02 Å². The van der Waals surface area contributed by atoms with E-state index in [0.29, 0.717) is 27.6 Å². The van der Waals surface area contributed by atoms with Gasteiger partial charge < -0.3 is 4.57 Å². The van der Waals surface area contributed by atoms with Crippen LogP contribution >= 0.6 is 34.7 Å². The zero-order valence-electron chi connectivity index (χ0n) is 13.7. The summed E-state index contributed by atoms with van der Waals surface area (Å²) in [7, 11) is 0. The average Bonchev–Trinajstić information content (AvgIpc) is 3.22. The van der Waals surface area contributed by atoms with Gasteiger partial charge in [0.1, 0.15) is 0 Å². The molecule has 2 heterocycles. The fourth-order valence-electron chi connectivity index (χ4n) is 2.41. The van der Waals surface area contributed by atoms with Gasteiger partial charge in [0.05, 0.1) is 18.3 Å². The molecular weight excluding hydrogens is 392 g/mol. The first-order chi connectivity index (χ1) is 12.7. The Morgan fingerprint density at radius 1 is 1.38 bits per heavy atom. The second kappa shape index (κ2) is 7.73. The zero-order valence-corrected chi connectivity index (χ0v) is 16.0. The minimum Gasteiger partial charge on any atom is -0.319 e. The van der Waals surface area contributed by atoms with Gasteiger partial charge >= 0.3 is 0 Å². The highest BCUT2D eigenvalue weighted by Gasteiger charge is 2.28. The Hall–Kier alpha value is -1.97. The number of aromatic nitrogens is 5. The molecule has 1 aromatic carbocycles. The number of thiazole rings is 1. The third-order valence-electron chi connectivity index (χ3n) is 3.86. The molecule has 7 nitrogen and oxygen atoms in total. The molecule has 4 rings (SSSR count). The Morgan fingerprint density at radius 2 is 2.23 bits per heavy atom. The van der Waals surface area contributed by atoms with Crippen LogP contribution in [0.4, 0.5) is 0 Å². The lowest BCUT2D eigenvalue weighted by Crippen LogP contribution is -2.17. The summed E-state index contributed by atoms with van der Waals surface area (Å²) in [6, 6.07) is 8.04. The van der Waals surface area contributed by atoms with Gasteiger partial charge in [-0.25, -0.2) is 4.68 Å². The summed E-state index contributed by atoms with van der Waals surface area (Å²) in [4.78, 5) is 17.2. The Morgan fingerprint density at radius 3 is 3.04 bits per heavy atom. The topological polar surface area (TPSA) is 78.0 Å². The molecule has 10 heteroatoms. The smallest absolute Gasteiger partial charge is 0.258 e. The summed E-state index contributed by atoms with van der Waals surface area (Å²) in [5, 5.41) is 14.9. The zero-order chi connectivity index (χ0) is 17.9. The number of thioether (sulfide) groups is 1. The standard InChI is InChI=1S/C16H15ClN6OS2/c17-13-4-2-1-3-11(13)9-22-7-8-25-15(22)18-14(24)10-26-16-19-20-21-23(16)12-5-6-12/h1-4,7-8,12H,5-6,9-10H2. The van der Waals surface area contributed by atoms with Crippen LogP contribution < -0.4 is 4.80 Å². The van der Waals surface area contributed by atoms with E-state index in [4.69, 9.17) is 11.6 Å². The molecule has 1 amide bonds. The predicted octanol–water partition coefficient (Wildman–Crippen LogP) is 2.79. The quantitative estimate of drug-likeness (QED) is 0.588. The van der Waals surface area contributed by atoms with Crippen LogP contribution in [0.3, 0.4) is 0 Å². The molecule has 0 atom stereocenters. The van der Waals surface area contributed by atoms with Gasteiger partial charge in [0.2, 0.25) is 5.16 Å². The summed E-state index contributed by atoms with van der Waals surface area (Å²) in [5.74, 6) is -0.00687. The van der Waals surface area contributed by atoms with Crippen LogP contribution in [0, 0.1) is 0 Å². The second-order valence-corrected chi connectivity index (χ2v) is 8.06. The molecule has 26 heavy (non-hydrogen) atoms. The fraction of sp³-hybridized carbons (Fsp3) is 0.312. The van der Waals surface area contributed by atoms with Gasteiger partial charge in [-0.05, 0) is 34.9 Å². The Kier molecular flexibility index (Phi) is 5.18. The number of hydrogen-bond donors (Lipinski definition) is 0. The number of benzene rings is 1. The van der Waals surface area contributed by atoms with E-state index in [1.165, 1.54) is 23.1 Å². The molecule has 1 saturated carbocycles. The molecular formula is C16H15ClN6OS2. The first-order valence-corrected chi connectivity index (χ1v) is 10.3. The van der Waals surface area contributed by atoms with Crippen molar-refractivity contribution in [2.75, 3.05) is 5.75 Å².